The summed E-state index contributed by atoms with van der Waals surface area (Å²) in [6, 6.07) is 12.2. The molecule has 0 saturated carbocycles. The molecule has 2 aromatic carbocycles. The summed E-state index contributed by atoms with van der Waals surface area (Å²) in [6.07, 6.45) is 1.05. The zero-order valence-electron chi connectivity index (χ0n) is 18.6. The predicted molar refractivity (Wildman–Crippen MR) is 124 cm³/mol. The monoisotopic (exact) mass is 479 g/mol. The highest BCUT2D eigenvalue weighted by Crippen LogP contribution is 2.27. The van der Waals surface area contributed by atoms with Gasteiger partial charge in [-0.05, 0) is 50.6 Å². The van der Waals surface area contributed by atoms with Crippen molar-refractivity contribution < 1.29 is 21.6 Å². The second-order valence-electron chi connectivity index (χ2n) is 8.34. The second kappa shape index (κ2) is 9.30. The number of nitrogens with zero attached hydrogens (tertiary/aromatic N) is 2. The molecule has 1 heterocycles. The maximum atomic E-state index is 13.3. The Hall–Kier alpha value is -2.27. The summed E-state index contributed by atoms with van der Waals surface area (Å²) in [5.41, 5.74) is 1.72. The molecule has 1 N–H and O–H groups in total. The number of sulfone groups is 1. The van der Waals surface area contributed by atoms with Gasteiger partial charge in [0.15, 0.2) is 9.84 Å². The number of carbonyl (C=O) groups is 1. The molecule has 8 nitrogen and oxygen atoms in total. The van der Waals surface area contributed by atoms with Gasteiger partial charge in [-0.1, -0.05) is 24.3 Å². The first-order valence-electron chi connectivity index (χ1n) is 10.3. The van der Waals surface area contributed by atoms with E-state index in [4.69, 9.17) is 0 Å². The normalized spacial score (nSPS) is 20.8. The molecule has 1 saturated heterocycles. The molecule has 1 fully saturated rings. The van der Waals surface area contributed by atoms with Crippen LogP contribution < -0.4 is 5.32 Å². The van der Waals surface area contributed by atoms with Gasteiger partial charge in [0.25, 0.3) is 0 Å². The summed E-state index contributed by atoms with van der Waals surface area (Å²) < 4.78 is 51.8. The van der Waals surface area contributed by atoms with Crippen LogP contribution in [0.1, 0.15) is 19.4 Å². The summed E-state index contributed by atoms with van der Waals surface area (Å²) >= 11 is 0. The number of anilines is 1. The Bertz CT molecular complexity index is 1200. The number of para-hydroxylation sites is 1. The van der Waals surface area contributed by atoms with Gasteiger partial charge in [-0.25, -0.2) is 16.8 Å². The maximum absolute atomic E-state index is 13.3. The molecule has 10 heteroatoms. The number of rotatable bonds is 6. The lowest BCUT2D eigenvalue weighted by molar-refractivity contribution is -0.118. The molecule has 1 amide bonds. The highest BCUT2D eigenvalue weighted by molar-refractivity contribution is 7.91. The van der Waals surface area contributed by atoms with Gasteiger partial charge in [0.1, 0.15) is 0 Å². The van der Waals surface area contributed by atoms with Crippen LogP contribution in [-0.2, 0) is 24.7 Å². The van der Waals surface area contributed by atoms with Crippen LogP contribution in [0, 0.1) is 6.92 Å². The Kier molecular flexibility index (Phi) is 7.09. The third-order valence-corrected chi connectivity index (χ3v) is 8.74. The van der Waals surface area contributed by atoms with Crippen molar-refractivity contribution in [2.24, 2.45) is 0 Å². The molecule has 0 aromatic heterocycles. The van der Waals surface area contributed by atoms with Gasteiger partial charge in [0.05, 0.1) is 16.3 Å². The molecule has 0 bridgehead atoms. The van der Waals surface area contributed by atoms with E-state index in [2.05, 4.69) is 5.32 Å². The first-order valence-corrected chi connectivity index (χ1v) is 13.6. The molecule has 2 unspecified atom stereocenters. The van der Waals surface area contributed by atoms with Gasteiger partial charge < -0.3 is 5.32 Å². The molecular weight excluding hydrogens is 450 g/mol. The number of benzene rings is 2. The first kappa shape index (κ1) is 24.4. The van der Waals surface area contributed by atoms with Gasteiger partial charge in [0.2, 0.25) is 15.9 Å². The van der Waals surface area contributed by atoms with Crippen molar-refractivity contribution in [2.75, 3.05) is 31.2 Å². The third-order valence-electron chi connectivity index (χ3n) is 5.51. The van der Waals surface area contributed by atoms with Gasteiger partial charge >= 0.3 is 0 Å². The number of nitrogens with one attached hydrogen (secondary N) is 1. The standard InChI is InChI=1S/C22H29N3O5S2/c1-16-8-5-6-11-21(16)23-22(26)15-24-13-17(2)25(18(3)14-24)32(29,30)20-10-7-9-19(12-20)31(4,27)28/h5-12,17-18H,13-15H2,1-4H3,(H,23,26). The minimum absolute atomic E-state index is 0.0367. The Morgan fingerprint density at radius 3 is 2.16 bits per heavy atom. The molecule has 2 atom stereocenters. The highest BCUT2D eigenvalue weighted by atomic mass is 32.2. The van der Waals surface area contributed by atoms with Gasteiger partial charge in [0, 0.05) is 37.1 Å². The highest BCUT2D eigenvalue weighted by Gasteiger charge is 2.39. The molecule has 0 radical (unpaired) electrons. The first-order chi connectivity index (χ1) is 14.9. The Balaban J connectivity index is 1.73. The average molecular weight is 480 g/mol. The van der Waals surface area contributed by atoms with Crippen molar-refractivity contribution in [3.63, 3.8) is 0 Å². The molecule has 174 valence electrons. The summed E-state index contributed by atoms with van der Waals surface area (Å²) in [5.74, 6) is -0.157. The van der Waals surface area contributed by atoms with Crippen molar-refractivity contribution in [1.29, 1.82) is 0 Å². The largest absolute Gasteiger partial charge is 0.325 e. The summed E-state index contributed by atoms with van der Waals surface area (Å²) in [4.78, 5) is 14.4. The van der Waals surface area contributed by atoms with E-state index < -0.39 is 31.9 Å². The lowest BCUT2D eigenvalue weighted by atomic mass is 10.1. The zero-order valence-corrected chi connectivity index (χ0v) is 20.3. The van der Waals surface area contributed by atoms with Crippen LogP contribution in [0.4, 0.5) is 5.69 Å². The van der Waals surface area contributed by atoms with Crippen LogP contribution in [0.2, 0.25) is 0 Å². The molecule has 0 aliphatic carbocycles. The molecule has 1 aliphatic heterocycles. The van der Waals surface area contributed by atoms with Crippen molar-refractivity contribution in [1.82, 2.24) is 9.21 Å². The minimum Gasteiger partial charge on any atom is -0.325 e. The number of sulfonamides is 1. The van der Waals surface area contributed by atoms with Crippen LogP contribution in [0.15, 0.2) is 58.3 Å². The molecular formula is C22H29N3O5S2. The van der Waals surface area contributed by atoms with Crippen molar-refractivity contribution in [2.45, 2.75) is 42.6 Å². The van der Waals surface area contributed by atoms with E-state index in [0.717, 1.165) is 17.5 Å². The lowest BCUT2D eigenvalue weighted by Gasteiger charge is -2.43. The smallest absolute Gasteiger partial charge is 0.243 e. The van der Waals surface area contributed by atoms with Crippen LogP contribution in [-0.4, -0.2) is 69.9 Å². The second-order valence-corrected chi connectivity index (χ2v) is 12.2. The van der Waals surface area contributed by atoms with E-state index >= 15 is 0 Å². The van der Waals surface area contributed by atoms with Crippen LogP contribution >= 0.6 is 0 Å². The van der Waals surface area contributed by atoms with E-state index in [9.17, 15) is 21.6 Å². The summed E-state index contributed by atoms with van der Waals surface area (Å²) in [7, 11) is -7.44. The van der Waals surface area contributed by atoms with E-state index in [0.29, 0.717) is 13.1 Å². The number of carbonyl (C=O) groups excluding carboxylic acids is 1. The molecule has 3 rings (SSSR count). The fourth-order valence-electron chi connectivity index (χ4n) is 4.11. The average Bonchev–Trinajstić information content (AvgIpc) is 2.68. The Labute approximate surface area is 190 Å². The molecule has 1 aliphatic rings. The number of amides is 1. The molecule has 0 spiro atoms. The van der Waals surface area contributed by atoms with Crippen molar-refractivity contribution >= 4 is 31.5 Å². The fraction of sp³-hybridized carbons (Fsp3) is 0.409. The Morgan fingerprint density at radius 1 is 0.969 bits per heavy atom. The van der Waals surface area contributed by atoms with Crippen LogP contribution in [0.5, 0.6) is 0 Å². The fourth-order valence-corrected chi connectivity index (χ4v) is 6.71. The molecule has 32 heavy (non-hydrogen) atoms. The van der Waals surface area contributed by atoms with Crippen LogP contribution in [0.25, 0.3) is 0 Å². The SMILES string of the molecule is Cc1ccccc1NC(=O)CN1CC(C)N(S(=O)(=O)c2cccc(S(C)(=O)=O)c2)C(C)C1. The predicted octanol–water partition coefficient (Wildman–Crippen LogP) is 2.12. The number of piperazine rings is 1. The van der Waals surface area contributed by atoms with E-state index in [-0.39, 0.29) is 22.2 Å². The lowest BCUT2D eigenvalue weighted by Crippen LogP contribution is -2.59. The van der Waals surface area contributed by atoms with Gasteiger partial charge in [-0.15, -0.1) is 0 Å². The number of hydrogen-bond acceptors (Lipinski definition) is 6. The third kappa shape index (κ3) is 5.37. The van der Waals surface area contributed by atoms with Gasteiger partial charge in [-0.3, -0.25) is 9.69 Å². The zero-order chi connectivity index (χ0) is 23.7. The molecule has 2 aromatic rings. The summed E-state index contributed by atoms with van der Waals surface area (Å²) in [5, 5.41) is 2.91. The van der Waals surface area contributed by atoms with E-state index in [1.807, 2.05) is 36.1 Å². The number of aryl methyl sites for hydroxylation is 1. The minimum atomic E-state index is -3.91. The topological polar surface area (TPSA) is 104 Å². The number of hydrogen-bond donors (Lipinski definition) is 1. The summed E-state index contributed by atoms with van der Waals surface area (Å²) in [6.45, 7) is 6.43. The quantitative estimate of drug-likeness (QED) is 0.681. The maximum Gasteiger partial charge on any atom is 0.243 e. The van der Waals surface area contributed by atoms with E-state index in [1.165, 1.54) is 28.6 Å². The van der Waals surface area contributed by atoms with Crippen LogP contribution in [0.3, 0.4) is 0 Å². The van der Waals surface area contributed by atoms with Crippen molar-refractivity contribution in [3.8, 4) is 0 Å². The van der Waals surface area contributed by atoms with E-state index in [1.54, 1.807) is 13.8 Å². The van der Waals surface area contributed by atoms with Gasteiger partial charge in [-0.2, -0.15) is 4.31 Å². The Morgan fingerprint density at radius 2 is 1.56 bits per heavy atom. The van der Waals surface area contributed by atoms with Crippen molar-refractivity contribution in [3.05, 3.63) is 54.1 Å².